The highest BCUT2D eigenvalue weighted by Gasteiger charge is 2.30. The lowest BCUT2D eigenvalue weighted by atomic mass is 9.99. The molecule has 6 atom stereocenters. The van der Waals surface area contributed by atoms with E-state index < -0.39 is 97.5 Å². The molecule has 3 N–H and O–H groups in total. The van der Waals surface area contributed by atoms with E-state index in [1.807, 2.05) is 0 Å². The first-order valence-electron chi connectivity index (χ1n) is 37.5. The molecule has 0 radical (unpaired) electrons. The Morgan fingerprint density at radius 1 is 0.319 bits per heavy atom. The molecule has 0 rings (SSSR count). The molecular weight excluding hydrogens is 1200 g/mol. The van der Waals surface area contributed by atoms with E-state index in [0.29, 0.717) is 25.7 Å². The Kier molecular flexibility index (Phi) is 62.7. The summed E-state index contributed by atoms with van der Waals surface area (Å²) in [6.45, 7) is 9.51. The standard InChI is InChI=1S/C72H140O17P2/c1-7-10-12-14-16-17-18-19-20-21-22-23-24-25-26-31-38-44-50-56-71(76)88-68(61-83-70(75)55-49-43-37-30-28-27-29-36-41-47-53-65(6)9-3)63-87-91(80,81)85-59-66(73)58-84-90(78,79)86-62-67(60-82-69(74)54-48-42-34-15-13-11-8-2)89-72(77)57-51-45-39-33-32-35-40-46-52-64(4)5/h64-68,73H,7-63H2,1-6H3,(H,78,79)(H,80,81)/t65?,66-,67+,68+/m0/s1. The molecule has 0 saturated carbocycles. The van der Waals surface area contributed by atoms with Gasteiger partial charge in [0.05, 0.1) is 26.4 Å². The lowest BCUT2D eigenvalue weighted by molar-refractivity contribution is -0.161. The number of aliphatic hydroxyl groups is 1. The van der Waals surface area contributed by atoms with E-state index in [1.165, 1.54) is 173 Å². The second kappa shape index (κ2) is 64.1. The number of ether oxygens (including phenoxy) is 4. The number of carbonyl (C=O) groups excluding carboxylic acids is 4. The summed E-state index contributed by atoms with van der Waals surface area (Å²) in [7, 11) is -9.90. The number of unbranched alkanes of at least 4 members (excludes halogenated alkanes) is 40. The minimum atomic E-state index is -4.95. The fourth-order valence-electron chi connectivity index (χ4n) is 10.9. The van der Waals surface area contributed by atoms with Crippen molar-refractivity contribution in [1.29, 1.82) is 0 Å². The summed E-state index contributed by atoms with van der Waals surface area (Å²) in [6, 6.07) is 0. The molecule has 0 spiro atoms. The van der Waals surface area contributed by atoms with Gasteiger partial charge < -0.3 is 33.8 Å². The summed E-state index contributed by atoms with van der Waals surface area (Å²) in [4.78, 5) is 72.5. The topological polar surface area (TPSA) is 237 Å². The molecule has 0 aliphatic heterocycles. The van der Waals surface area contributed by atoms with Gasteiger partial charge in [0.1, 0.15) is 19.3 Å². The third-order valence-corrected chi connectivity index (χ3v) is 19.0. The van der Waals surface area contributed by atoms with Gasteiger partial charge >= 0.3 is 39.5 Å². The third-order valence-electron chi connectivity index (χ3n) is 17.1. The molecule has 0 bridgehead atoms. The van der Waals surface area contributed by atoms with Crippen molar-refractivity contribution in [2.24, 2.45) is 11.8 Å². The number of esters is 4. The van der Waals surface area contributed by atoms with Gasteiger partial charge in [0, 0.05) is 25.7 Å². The van der Waals surface area contributed by atoms with Crippen molar-refractivity contribution < 1.29 is 80.2 Å². The highest BCUT2D eigenvalue weighted by molar-refractivity contribution is 7.47. The molecule has 0 amide bonds. The predicted octanol–water partition coefficient (Wildman–Crippen LogP) is 20.8. The van der Waals surface area contributed by atoms with Crippen molar-refractivity contribution in [3.05, 3.63) is 0 Å². The van der Waals surface area contributed by atoms with Crippen LogP contribution in [0.25, 0.3) is 0 Å². The van der Waals surface area contributed by atoms with E-state index in [9.17, 15) is 43.2 Å². The van der Waals surface area contributed by atoms with Gasteiger partial charge in [0.25, 0.3) is 0 Å². The Balaban J connectivity index is 5.19. The van der Waals surface area contributed by atoms with Crippen LogP contribution in [-0.4, -0.2) is 96.7 Å². The van der Waals surface area contributed by atoms with E-state index in [2.05, 4.69) is 41.5 Å². The SMILES string of the molecule is CCCCCCCCCCCCCCCCCCCCCC(=O)O[C@H](COC(=O)CCCCCCCCCCCCC(C)CC)COP(=O)(O)OC[C@@H](O)COP(=O)(O)OC[C@@H](COC(=O)CCCCCCCCC)OC(=O)CCCCCCCCCCC(C)C. The maximum atomic E-state index is 13.0. The fraction of sp³-hybridized carbons (Fsp3) is 0.944. The number of phosphoric ester groups is 2. The average molecular weight is 1340 g/mol. The number of phosphoric acid groups is 2. The number of aliphatic hydroxyl groups excluding tert-OH is 1. The molecule has 17 nitrogen and oxygen atoms in total. The molecule has 0 aromatic carbocycles. The van der Waals surface area contributed by atoms with Crippen LogP contribution in [0, 0.1) is 11.8 Å². The summed E-state index contributed by atoms with van der Waals surface area (Å²) in [5, 5.41) is 10.6. The van der Waals surface area contributed by atoms with Crippen molar-refractivity contribution in [2.75, 3.05) is 39.6 Å². The minimum absolute atomic E-state index is 0.104. The fourth-order valence-corrected chi connectivity index (χ4v) is 12.5. The van der Waals surface area contributed by atoms with Crippen LogP contribution in [0.5, 0.6) is 0 Å². The van der Waals surface area contributed by atoms with Crippen molar-refractivity contribution >= 4 is 39.5 Å². The van der Waals surface area contributed by atoms with Crippen molar-refractivity contribution in [3.8, 4) is 0 Å². The smallest absolute Gasteiger partial charge is 0.462 e. The van der Waals surface area contributed by atoms with E-state index in [4.69, 9.17) is 37.0 Å². The van der Waals surface area contributed by atoms with Gasteiger partial charge in [-0.15, -0.1) is 0 Å². The number of carbonyl (C=O) groups is 4. The minimum Gasteiger partial charge on any atom is -0.462 e. The Labute approximate surface area is 556 Å². The molecule has 0 heterocycles. The van der Waals surface area contributed by atoms with Gasteiger partial charge in [-0.2, -0.15) is 0 Å². The lowest BCUT2D eigenvalue weighted by Crippen LogP contribution is -2.30. The van der Waals surface area contributed by atoms with Crippen LogP contribution in [0.4, 0.5) is 0 Å². The van der Waals surface area contributed by atoms with Gasteiger partial charge in [0.2, 0.25) is 0 Å². The Morgan fingerprint density at radius 2 is 0.560 bits per heavy atom. The second-order valence-corrected chi connectivity index (χ2v) is 29.6. The summed E-state index contributed by atoms with van der Waals surface area (Å²) >= 11 is 0. The quantitative estimate of drug-likeness (QED) is 0.0222. The zero-order valence-corrected chi connectivity index (χ0v) is 60.9. The van der Waals surface area contributed by atoms with Crippen LogP contribution in [0.2, 0.25) is 0 Å². The monoisotopic (exact) mass is 1340 g/mol. The van der Waals surface area contributed by atoms with Crippen LogP contribution in [0.3, 0.4) is 0 Å². The Bertz CT molecular complexity index is 1770. The molecule has 0 aromatic heterocycles. The van der Waals surface area contributed by atoms with Gasteiger partial charge in [-0.3, -0.25) is 37.3 Å². The molecule has 91 heavy (non-hydrogen) atoms. The van der Waals surface area contributed by atoms with Gasteiger partial charge in [0.15, 0.2) is 12.2 Å². The van der Waals surface area contributed by atoms with Crippen LogP contribution in [-0.2, 0) is 65.4 Å². The van der Waals surface area contributed by atoms with E-state index in [1.54, 1.807) is 0 Å². The second-order valence-electron chi connectivity index (χ2n) is 26.7. The van der Waals surface area contributed by atoms with Crippen molar-refractivity contribution in [2.45, 2.75) is 387 Å². The first-order valence-corrected chi connectivity index (χ1v) is 40.5. The molecule has 0 fully saturated rings. The van der Waals surface area contributed by atoms with Crippen molar-refractivity contribution in [1.82, 2.24) is 0 Å². The maximum Gasteiger partial charge on any atom is 0.472 e. The van der Waals surface area contributed by atoms with Crippen LogP contribution in [0.1, 0.15) is 369 Å². The molecule has 3 unspecified atom stereocenters. The van der Waals surface area contributed by atoms with E-state index in [0.717, 1.165) is 115 Å². The first kappa shape index (κ1) is 89.1. The van der Waals surface area contributed by atoms with E-state index in [-0.39, 0.29) is 25.7 Å². The molecule has 0 aliphatic rings. The lowest BCUT2D eigenvalue weighted by Gasteiger charge is -2.21. The summed E-state index contributed by atoms with van der Waals surface area (Å²) in [5.41, 5.74) is 0. The highest BCUT2D eigenvalue weighted by atomic mass is 31.2. The van der Waals surface area contributed by atoms with Crippen LogP contribution in [0.15, 0.2) is 0 Å². The summed E-state index contributed by atoms with van der Waals surface area (Å²) in [5.74, 6) is -0.600. The zero-order chi connectivity index (χ0) is 67.2. The number of hydrogen-bond acceptors (Lipinski definition) is 15. The van der Waals surface area contributed by atoms with Crippen LogP contribution >= 0.6 is 15.6 Å². The molecule has 0 aromatic rings. The zero-order valence-electron chi connectivity index (χ0n) is 59.1. The Hall–Kier alpha value is -1.94. The number of hydrogen-bond donors (Lipinski definition) is 3. The van der Waals surface area contributed by atoms with Gasteiger partial charge in [-0.1, -0.05) is 318 Å². The predicted molar refractivity (Wildman–Crippen MR) is 368 cm³/mol. The molecule has 0 aliphatic carbocycles. The van der Waals surface area contributed by atoms with Crippen LogP contribution < -0.4 is 0 Å². The van der Waals surface area contributed by atoms with Gasteiger partial charge in [-0.25, -0.2) is 9.13 Å². The first-order chi connectivity index (χ1) is 43.9. The molecule has 540 valence electrons. The normalized spacial score (nSPS) is 14.4. The van der Waals surface area contributed by atoms with Crippen molar-refractivity contribution in [3.63, 3.8) is 0 Å². The summed E-state index contributed by atoms with van der Waals surface area (Å²) < 4.78 is 68.2. The Morgan fingerprint density at radius 3 is 0.835 bits per heavy atom. The molecule has 19 heteroatoms. The third kappa shape index (κ3) is 65.1. The maximum absolute atomic E-state index is 13.0. The highest BCUT2D eigenvalue weighted by Crippen LogP contribution is 2.45. The molecular formula is C72H140O17P2. The summed E-state index contributed by atoms with van der Waals surface area (Å²) in [6.07, 6.45) is 50.1. The van der Waals surface area contributed by atoms with E-state index >= 15 is 0 Å². The number of rotatable bonds is 71. The van der Waals surface area contributed by atoms with Gasteiger partial charge in [-0.05, 0) is 37.5 Å². The largest absolute Gasteiger partial charge is 0.472 e. The molecule has 0 saturated heterocycles. The average Bonchev–Trinajstić information content (AvgIpc) is 3.50.